The topological polar surface area (TPSA) is 167 Å². The minimum atomic E-state index is -1.32. The summed E-state index contributed by atoms with van der Waals surface area (Å²) in [5, 5.41) is 4.13. The smallest absolute Gasteiger partial charge is 0.337 e. The number of carbonyl (C=O) groups excluding carboxylic acids is 1. The van der Waals surface area contributed by atoms with Gasteiger partial charge in [-0.3, -0.25) is 0 Å². The van der Waals surface area contributed by atoms with Gasteiger partial charge in [0, 0.05) is 10.5 Å². The fourth-order valence-corrected chi connectivity index (χ4v) is 7.36. The van der Waals surface area contributed by atoms with Gasteiger partial charge in [-0.2, -0.15) is 0 Å². The summed E-state index contributed by atoms with van der Waals surface area (Å²) in [5.41, 5.74) is 13.2. The molecule has 15 heteroatoms. The highest BCUT2D eigenvalue weighted by atomic mass is 16.8. The number of carbonyl (C=O) groups is 1. The van der Waals surface area contributed by atoms with Gasteiger partial charge in [0.2, 0.25) is 0 Å². The molecule has 3 aliphatic heterocycles. The molecule has 0 saturated carbocycles. The molecule has 3 aliphatic rings. The van der Waals surface area contributed by atoms with Crippen LogP contribution in [0.25, 0.3) is 10.4 Å². The molecule has 15 nitrogen and oxygen atoms in total. The summed E-state index contributed by atoms with van der Waals surface area (Å²) in [7, 11) is 2.85. The average molecular weight is 824 g/mol. The highest BCUT2D eigenvalue weighted by Gasteiger charge is 2.59. The second-order valence-corrected chi connectivity index (χ2v) is 14.2. The summed E-state index contributed by atoms with van der Waals surface area (Å²) >= 11 is 0. The normalized spacial score (nSPS) is 28.5. The predicted molar refractivity (Wildman–Crippen MR) is 215 cm³/mol. The lowest BCUT2D eigenvalue weighted by Crippen LogP contribution is -2.68. The number of methoxy groups -OCH3 is 2. The summed E-state index contributed by atoms with van der Waals surface area (Å²) < 4.78 is 69.4. The Bertz CT molecular complexity index is 1990. The largest absolute Gasteiger partial charge is 0.497 e. The van der Waals surface area contributed by atoms with Crippen molar-refractivity contribution in [2.24, 2.45) is 5.11 Å². The van der Waals surface area contributed by atoms with Crippen LogP contribution in [0.3, 0.4) is 0 Å². The second-order valence-electron chi connectivity index (χ2n) is 14.2. The molecule has 0 aromatic heterocycles. The summed E-state index contributed by atoms with van der Waals surface area (Å²) in [5.74, 6) is -0.0692. The maximum absolute atomic E-state index is 13.7. The Morgan fingerprint density at radius 3 is 1.90 bits per heavy atom. The first-order valence-corrected chi connectivity index (χ1v) is 19.7. The number of azide groups is 1. The Morgan fingerprint density at radius 2 is 1.32 bits per heavy atom. The number of ether oxygens (including phenoxy) is 11. The van der Waals surface area contributed by atoms with Crippen molar-refractivity contribution in [2.45, 2.75) is 87.5 Å². The van der Waals surface area contributed by atoms with Crippen molar-refractivity contribution in [2.75, 3.05) is 27.4 Å². The van der Waals surface area contributed by atoms with E-state index in [1.165, 1.54) is 7.11 Å². The predicted octanol–water partition coefficient (Wildman–Crippen LogP) is 6.75. The van der Waals surface area contributed by atoms with E-state index >= 15 is 0 Å². The van der Waals surface area contributed by atoms with Crippen LogP contribution in [-0.4, -0.2) is 94.8 Å². The van der Waals surface area contributed by atoms with Crippen LogP contribution < -0.4 is 4.74 Å². The first-order chi connectivity index (χ1) is 29.5. The van der Waals surface area contributed by atoms with Crippen LogP contribution in [0, 0.1) is 0 Å². The minimum Gasteiger partial charge on any atom is -0.497 e. The van der Waals surface area contributed by atoms with E-state index in [1.807, 2.05) is 103 Å². The quantitative estimate of drug-likeness (QED) is 0.0321. The minimum absolute atomic E-state index is 0.00544. The Labute approximate surface area is 348 Å². The molecule has 4 aromatic rings. The third-order valence-corrected chi connectivity index (χ3v) is 10.3. The van der Waals surface area contributed by atoms with Gasteiger partial charge in [0.05, 0.1) is 47.3 Å². The van der Waals surface area contributed by atoms with Crippen molar-refractivity contribution >= 4 is 5.97 Å². The van der Waals surface area contributed by atoms with Gasteiger partial charge < -0.3 is 52.1 Å². The van der Waals surface area contributed by atoms with Crippen LogP contribution in [0.5, 0.6) is 5.75 Å². The number of fused-ring (bicyclic) bond motifs is 2. The molecular weight excluding hydrogens is 775 g/mol. The van der Waals surface area contributed by atoms with Gasteiger partial charge in [-0.25, -0.2) is 4.79 Å². The maximum Gasteiger partial charge on any atom is 0.337 e. The van der Waals surface area contributed by atoms with E-state index in [0.29, 0.717) is 11.3 Å². The standard InChI is InChI=1S/C45H49N3O12/c1-4-24-53-44-35(47-48-46)37(54-26-30-16-10-6-11-17-30)36(34(56-44)28-52-25-29-14-8-5-9-15-29)57-45-41-38(55-27-31-18-12-7-13-19-31)39(40(59-45)42(49)51-3)58-43(60-41)32-20-22-33(50-2)23-21-32/h4-23,34-41,43-45H,1,24-28H2,2-3H3/t34-,35-,36-,37-,38-,39-,40-,41+,43?,44+,45-/m1/s1. The average Bonchev–Trinajstić information content (AvgIpc) is 3.29. The zero-order valence-corrected chi connectivity index (χ0v) is 33.4. The zero-order chi connectivity index (χ0) is 41.7. The number of rotatable bonds is 19. The van der Waals surface area contributed by atoms with Gasteiger partial charge in [0.1, 0.15) is 48.4 Å². The number of hydrogen-bond donors (Lipinski definition) is 0. The van der Waals surface area contributed by atoms with E-state index in [9.17, 15) is 10.3 Å². The van der Waals surface area contributed by atoms with Crippen LogP contribution >= 0.6 is 0 Å². The van der Waals surface area contributed by atoms with Crippen molar-refractivity contribution in [1.29, 1.82) is 0 Å². The van der Waals surface area contributed by atoms with Crippen molar-refractivity contribution in [3.8, 4) is 5.75 Å². The Balaban J connectivity index is 1.27. The summed E-state index contributed by atoms with van der Waals surface area (Å²) in [6.45, 7) is 4.40. The molecule has 0 aliphatic carbocycles. The number of benzene rings is 4. The van der Waals surface area contributed by atoms with Crippen LogP contribution in [0.4, 0.5) is 0 Å². The molecule has 0 N–H and O–H groups in total. The highest BCUT2D eigenvalue weighted by Crippen LogP contribution is 2.42. The molecular formula is C45H49N3O12. The van der Waals surface area contributed by atoms with Gasteiger partial charge >= 0.3 is 5.97 Å². The molecule has 0 amide bonds. The van der Waals surface area contributed by atoms with Crippen LogP contribution in [0.1, 0.15) is 28.5 Å². The first-order valence-electron chi connectivity index (χ1n) is 19.7. The molecule has 1 unspecified atom stereocenters. The Hall–Kier alpha value is -5.16. The maximum atomic E-state index is 13.7. The number of hydrogen-bond acceptors (Lipinski definition) is 13. The molecule has 3 saturated heterocycles. The van der Waals surface area contributed by atoms with E-state index in [1.54, 1.807) is 25.3 Å². The molecule has 316 valence electrons. The summed E-state index contributed by atoms with van der Waals surface area (Å²) in [4.78, 5) is 16.8. The number of nitrogens with zero attached hydrogens (tertiary/aromatic N) is 3. The third kappa shape index (κ3) is 10.6. The van der Waals surface area contributed by atoms with E-state index < -0.39 is 73.6 Å². The molecule has 4 aromatic carbocycles. The monoisotopic (exact) mass is 823 g/mol. The lowest BCUT2D eigenvalue weighted by atomic mass is 9.94. The second kappa shape index (κ2) is 21.4. The van der Waals surface area contributed by atoms with E-state index in [-0.39, 0.29) is 33.0 Å². The van der Waals surface area contributed by atoms with Crippen LogP contribution in [-0.2, 0) is 72.0 Å². The molecule has 60 heavy (non-hydrogen) atoms. The van der Waals surface area contributed by atoms with Crippen LogP contribution in [0.2, 0.25) is 0 Å². The van der Waals surface area contributed by atoms with Gasteiger partial charge in [-0.1, -0.05) is 114 Å². The van der Waals surface area contributed by atoms with Crippen molar-refractivity contribution in [1.82, 2.24) is 0 Å². The van der Waals surface area contributed by atoms with Crippen molar-refractivity contribution in [3.05, 3.63) is 161 Å². The summed E-state index contributed by atoms with van der Waals surface area (Å²) in [6.07, 6.45) is -8.98. The van der Waals surface area contributed by atoms with E-state index in [4.69, 9.17) is 52.1 Å². The third-order valence-electron chi connectivity index (χ3n) is 10.3. The molecule has 7 rings (SSSR count). The molecule has 3 heterocycles. The fourth-order valence-electron chi connectivity index (χ4n) is 7.36. The molecule has 11 atom stereocenters. The van der Waals surface area contributed by atoms with Crippen LogP contribution in [0.15, 0.2) is 133 Å². The van der Waals surface area contributed by atoms with Crippen molar-refractivity contribution < 1.29 is 56.9 Å². The number of esters is 1. The molecule has 0 radical (unpaired) electrons. The Morgan fingerprint density at radius 1 is 0.717 bits per heavy atom. The van der Waals surface area contributed by atoms with Gasteiger partial charge in [0.15, 0.2) is 25.0 Å². The Kier molecular flexibility index (Phi) is 15.3. The molecule has 2 bridgehead atoms. The van der Waals surface area contributed by atoms with E-state index in [2.05, 4.69) is 16.6 Å². The zero-order valence-electron chi connectivity index (χ0n) is 33.4. The van der Waals surface area contributed by atoms with Gasteiger partial charge in [-0.05, 0) is 34.4 Å². The van der Waals surface area contributed by atoms with Gasteiger partial charge in [0.25, 0.3) is 0 Å². The fraction of sp³-hybridized carbons (Fsp3) is 0.400. The van der Waals surface area contributed by atoms with Crippen molar-refractivity contribution in [3.63, 3.8) is 0 Å². The SMILES string of the molecule is C=CCO[C@H]1O[C@H](COCc2ccccc2)[C@@H](O[C@@H]2O[C@@H](C(=O)OC)[C@@H]3OC(c4ccc(OC)cc4)O[C@H]2[C@@H]3OCc2ccccc2)[C@H](OCc2ccccc2)[C@H]1N=[N+]=[N-]. The lowest BCUT2D eigenvalue weighted by molar-refractivity contribution is -0.411. The highest BCUT2D eigenvalue weighted by molar-refractivity contribution is 5.75. The molecule has 3 fully saturated rings. The van der Waals surface area contributed by atoms with E-state index in [0.717, 1.165) is 16.7 Å². The van der Waals surface area contributed by atoms with Gasteiger partial charge in [-0.15, -0.1) is 6.58 Å². The summed E-state index contributed by atoms with van der Waals surface area (Å²) in [6, 6.07) is 34.9. The lowest BCUT2D eigenvalue weighted by Gasteiger charge is -2.52. The molecule has 0 spiro atoms. The first kappa shape index (κ1) is 42.9.